The lowest BCUT2D eigenvalue weighted by Gasteiger charge is -2.45. The van der Waals surface area contributed by atoms with Crippen LogP contribution in [-0.4, -0.2) is 70.1 Å². The number of nitrogens with one attached hydrogen (secondary N) is 1. The van der Waals surface area contributed by atoms with Gasteiger partial charge in [-0.1, -0.05) is 75.3 Å². The third-order valence-electron chi connectivity index (χ3n) is 9.14. The lowest BCUT2D eigenvalue weighted by Crippen LogP contribution is -2.66. The van der Waals surface area contributed by atoms with Crippen LogP contribution in [-0.2, 0) is 22.6 Å². The van der Waals surface area contributed by atoms with Gasteiger partial charge in [-0.05, 0) is 74.7 Å². The molecule has 2 aliphatic rings. The van der Waals surface area contributed by atoms with E-state index in [1.165, 1.54) is 10.5 Å². The van der Waals surface area contributed by atoms with Crippen molar-refractivity contribution in [2.75, 3.05) is 26.2 Å². The molecule has 0 saturated carbocycles. The molecule has 0 aliphatic carbocycles. The van der Waals surface area contributed by atoms with E-state index < -0.39 is 42.3 Å². The third-order valence-corrected chi connectivity index (χ3v) is 9.14. The van der Waals surface area contributed by atoms with Crippen molar-refractivity contribution >= 4 is 11.8 Å². The highest BCUT2D eigenvalue weighted by Crippen LogP contribution is 2.44. The fourth-order valence-electron chi connectivity index (χ4n) is 6.66. The molecule has 0 radical (unpaired) electrons. The number of carbonyl (C=O) groups excluding carboxylic acids is 2. The first-order chi connectivity index (χ1) is 20.7. The van der Waals surface area contributed by atoms with Crippen LogP contribution >= 0.6 is 0 Å². The van der Waals surface area contributed by atoms with Gasteiger partial charge in [0.25, 0.3) is 0 Å². The zero-order chi connectivity index (χ0) is 32.3. The molecule has 2 fully saturated rings. The van der Waals surface area contributed by atoms with Crippen molar-refractivity contribution in [3.8, 4) is 0 Å². The molecule has 2 heterocycles. The first-order valence-electron chi connectivity index (χ1n) is 16.6. The Morgan fingerprint density at radius 3 is 2.62 bits per heavy atom. The summed E-state index contributed by atoms with van der Waals surface area (Å²) < 4.78 is 31.8. The van der Waals surface area contributed by atoms with E-state index in [0.29, 0.717) is 44.7 Å². The van der Waals surface area contributed by atoms with Crippen LogP contribution in [0.2, 0.25) is 0 Å². The first-order valence-corrected chi connectivity index (χ1v) is 14.5. The fraction of sp³-hybridized carbons (Fsp3) is 0.576. The predicted octanol–water partition coefficient (Wildman–Crippen LogP) is 3.84. The average Bonchev–Trinajstić information content (AvgIpc) is 3.54. The average molecular weight is 557 g/mol. The van der Waals surface area contributed by atoms with Gasteiger partial charge in [0.2, 0.25) is 11.8 Å². The lowest BCUT2D eigenvalue weighted by atomic mass is 9.75. The van der Waals surface area contributed by atoms with Crippen LogP contribution in [0.1, 0.15) is 81.4 Å². The zero-order valence-electron chi connectivity index (χ0n) is 28.1. The molecule has 2 saturated heterocycles. The smallest absolute Gasteiger partial charge is 0.244 e. The first kappa shape index (κ1) is 25.0. The van der Waals surface area contributed by atoms with Gasteiger partial charge in [0.1, 0.15) is 11.1 Å². The normalized spacial score (nSPS) is 24.6. The summed E-state index contributed by atoms with van der Waals surface area (Å²) >= 11 is 0. The minimum Gasteiger partial charge on any atom is -0.391 e. The second-order valence-corrected chi connectivity index (χ2v) is 11.9. The molecule has 7 nitrogen and oxygen atoms in total. The number of carbonyl (C=O) groups is 2. The van der Waals surface area contributed by atoms with Crippen LogP contribution in [0.5, 0.6) is 0 Å². The molecule has 0 aromatic heterocycles. The number of primary amides is 1. The number of amides is 2. The minimum atomic E-state index is -2.12. The summed E-state index contributed by atoms with van der Waals surface area (Å²) in [7, 11) is 0. The molecular formula is C33H48N4O3. The second kappa shape index (κ2) is 12.8. The number of aliphatic hydroxyl groups is 1. The fourth-order valence-corrected chi connectivity index (χ4v) is 6.66. The van der Waals surface area contributed by atoms with Crippen LogP contribution in [0.4, 0.5) is 0 Å². The molecule has 218 valence electrons. The summed E-state index contributed by atoms with van der Waals surface area (Å²) in [6.45, 7) is 5.43. The van der Waals surface area contributed by atoms with E-state index in [1.54, 1.807) is 11.8 Å². The molecular weight excluding hydrogens is 500 g/mol. The van der Waals surface area contributed by atoms with E-state index in [1.807, 2.05) is 42.5 Å². The van der Waals surface area contributed by atoms with Crippen molar-refractivity contribution in [1.29, 1.82) is 0 Å². The molecule has 40 heavy (non-hydrogen) atoms. The Bertz CT molecular complexity index is 1300. The van der Waals surface area contributed by atoms with Gasteiger partial charge >= 0.3 is 0 Å². The number of benzene rings is 2. The molecule has 2 aromatic rings. The van der Waals surface area contributed by atoms with Gasteiger partial charge in [0.15, 0.2) is 0 Å². The number of aliphatic hydroxyl groups excluding tert-OH is 1. The van der Waals surface area contributed by atoms with E-state index in [0.717, 1.165) is 11.1 Å². The Kier molecular flexibility index (Phi) is 8.03. The third kappa shape index (κ3) is 5.97. The number of nitrogens with two attached hydrogens (primary N) is 1. The molecule has 2 aliphatic heterocycles. The molecule has 4 atom stereocenters. The van der Waals surface area contributed by atoms with Gasteiger partial charge in [-0.2, -0.15) is 0 Å². The van der Waals surface area contributed by atoms with E-state index in [-0.39, 0.29) is 25.5 Å². The summed E-state index contributed by atoms with van der Waals surface area (Å²) in [5, 5.41) is 15.1. The summed E-state index contributed by atoms with van der Waals surface area (Å²) in [4.78, 5) is 31.1. The Balaban J connectivity index is 1.61. The maximum atomic E-state index is 14.4. The SMILES string of the molecule is [3H]C([3H])C([3H])([3H])CN1CCCC12CCN(C(C)(C(N)=O)[C@H](Cc1ccccc1)[C@@H](O)CNCc1cccc(C(C)C)c1)C2=O. The van der Waals surface area contributed by atoms with E-state index >= 15 is 0 Å². The maximum absolute atomic E-state index is 14.4. The highest BCUT2D eigenvalue weighted by atomic mass is 16.3. The molecule has 4 N–H and O–H groups in total. The van der Waals surface area contributed by atoms with Gasteiger partial charge < -0.3 is 21.1 Å². The Morgan fingerprint density at radius 1 is 1.18 bits per heavy atom. The van der Waals surface area contributed by atoms with E-state index in [4.69, 9.17) is 11.2 Å². The van der Waals surface area contributed by atoms with Crippen molar-refractivity contribution in [2.24, 2.45) is 11.7 Å². The maximum Gasteiger partial charge on any atom is 0.244 e. The Morgan fingerprint density at radius 2 is 1.93 bits per heavy atom. The van der Waals surface area contributed by atoms with Crippen LogP contribution < -0.4 is 11.1 Å². The standard InChI is InChI=1S/C33H48N4O3/c1-5-17-36-18-10-15-33(36)16-19-37(31(33)40)32(4,30(34)39)28(21-25-11-7-6-8-12-25)29(38)23-35-22-26-13-9-14-27(20-26)24(2)3/h6-9,11-14,20,24,28-29,35,38H,5,10,15-19,21-23H2,1-4H3,(H2,34,39)/t28-,29+,32?,33?/m1/s1/i1T2,5T2. The Labute approximate surface area is 245 Å². The molecule has 2 unspecified atom stereocenters. The monoisotopic (exact) mass is 556 g/mol. The van der Waals surface area contributed by atoms with Crippen LogP contribution in [0.25, 0.3) is 0 Å². The van der Waals surface area contributed by atoms with Crippen LogP contribution in [0, 0.1) is 5.92 Å². The predicted molar refractivity (Wildman–Crippen MR) is 160 cm³/mol. The Hall–Kier alpha value is -2.74. The van der Waals surface area contributed by atoms with Gasteiger partial charge in [0, 0.05) is 31.0 Å². The largest absolute Gasteiger partial charge is 0.391 e. The van der Waals surface area contributed by atoms with Gasteiger partial charge in [-0.15, -0.1) is 0 Å². The number of likely N-dealkylation sites (tertiary alicyclic amines) is 2. The number of hydrogen-bond acceptors (Lipinski definition) is 5. The molecule has 0 bridgehead atoms. The number of nitrogens with zero attached hydrogens (tertiary/aromatic N) is 2. The summed E-state index contributed by atoms with van der Waals surface area (Å²) in [6.07, 6.45) is -1.28. The van der Waals surface area contributed by atoms with Gasteiger partial charge in [0.05, 0.1) is 6.10 Å². The van der Waals surface area contributed by atoms with Crippen molar-refractivity contribution in [1.82, 2.24) is 15.1 Å². The van der Waals surface area contributed by atoms with Crippen LogP contribution in [0.15, 0.2) is 54.6 Å². The van der Waals surface area contributed by atoms with Crippen molar-refractivity contribution in [3.63, 3.8) is 0 Å². The summed E-state index contributed by atoms with van der Waals surface area (Å²) in [6, 6.07) is 17.8. The minimum absolute atomic E-state index is 0.181. The highest BCUT2D eigenvalue weighted by Gasteiger charge is 2.60. The van der Waals surface area contributed by atoms with Crippen molar-refractivity contribution < 1.29 is 20.2 Å². The quantitative estimate of drug-likeness (QED) is 0.348. The van der Waals surface area contributed by atoms with Crippen molar-refractivity contribution in [3.05, 3.63) is 71.3 Å². The molecule has 2 amide bonds. The van der Waals surface area contributed by atoms with Crippen molar-refractivity contribution in [2.45, 2.75) is 89.3 Å². The van der Waals surface area contributed by atoms with E-state index in [2.05, 4.69) is 31.3 Å². The van der Waals surface area contributed by atoms with Gasteiger partial charge in [-0.25, -0.2) is 0 Å². The number of rotatable bonds is 13. The zero-order valence-corrected chi connectivity index (χ0v) is 24.1. The molecule has 1 spiro atoms. The molecule has 7 heteroatoms. The molecule has 2 aromatic carbocycles. The second-order valence-electron chi connectivity index (χ2n) is 11.9. The topological polar surface area (TPSA) is 98.9 Å². The number of hydrogen-bond donors (Lipinski definition) is 3. The van der Waals surface area contributed by atoms with E-state index in [9.17, 15) is 14.7 Å². The highest BCUT2D eigenvalue weighted by molar-refractivity contribution is 5.96. The van der Waals surface area contributed by atoms with Gasteiger partial charge in [-0.3, -0.25) is 14.5 Å². The molecule has 4 rings (SSSR count). The lowest BCUT2D eigenvalue weighted by molar-refractivity contribution is -0.153. The summed E-state index contributed by atoms with van der Waals surface area (Å²) in [5.74, 6) is -1.35. The summed E-state index contributed by atoms with van der Waals surface area (Å²) in [5.41, 5.74) is 6.80. The van der Waals surface area contributed by atoms with Crippen LogP contribution in [0.3, 0.4) is 0 Å².